The second kappa shape index (κ2) is 29.5. The Hall–Kier alpha value is -4.96. The molecule has 0 aromatic heterocycles. The average Bonchev–Trinajstić information content (AvgIpc) is 3.18. The molecule has 6 N–H and O–H groups in total. The molecule has 4 atom stereocenters. The third-order valence-corrected chi connectivity index (χ3v) is 7.84. The van der Waals surface area contributed by atoms with Gasteiger partial charge in [0.1, 0.15) is 23.0 Å². The Labute approximate surface area is 368 Å². The van der Waals surface area contributed by atoms with Gasteiger partial charge in [-0.25, -0.2) is 0 Å². The number of phenols is 1. The zero-order valence-electron chi connectivity index (χ0n) is 35.6. The molecule has 0 heterocycles. The number of aromatic hydroxyl groups is 1. The van der Waals surface area contributed by atoms with Gasteiger partial charge in [0, 0.05) is 39.1 Å². The largest absolute Gasteiger partial charge is 0.508 e. The topological polar surface area (TPSA) is 149 Å². The first-order valence-corrected chi connectivity index (χ1v) is 19.6. The number of benzene rings is 4. The number of hydrogen-bond donors (Lipinski definition) is 6. The van der Waals surface area contributed by atoms with Crippen LogP contribution in [-0.4, -0.2) is 81.5 Å². The maximum atomic E-state index is 12.2. The third kappa shape index (κ3) is 28.5. The molecule has 4 aromatic carbocycles. The molecule has 368 valence electrons. The normalized spacial score (nSPS) is 13.3. The van der Waals surface area contributed by atoms with E-state index in [1.54, 1.807) is 27.7 Å². The summed E-state index contributed by atoms with van der Waals surface area (Å²) in [6, 6.07) is 17.1. The molecule has 0 aliphatic carbocycles. The molecular weight excluding hydrogens is 900 g/mol. The minimum atomic E-state index is -4.33. The van der Waals surface area contributed by atoms with Crippen molar-refractivity contribution in [2.24, 2.45) is 0 Å². The monoisotopic (exact) mass is 954 g/mol. The average molecular weight is 955 g/mol. The van der Waals surface area contributed by atoms with Gasteiger partial charge in [-0.2, -0.15) is 52.7 Å². The van der Waals surface area contributed by atoms with Gasteiger partial charge in [-0.1, -0.05) is 0 Å². The fourth-order valence-electron chi connectivity index (χ4n) is 4.32. The highest BCUT2D eigenvalue weighted by Crippen LogP contribution is 2.33. The van der Waals surface area contributed by atoms with E-state index in [0.717, 1.165) is 60.7 Å². The van der Waals surface area contributed by atoms with Crippen LogP contribution in [0.1, 0.15) is 75.6 Å². The van der Waals surface area contributed by atoms with Crippen LogP contribution >= 0.6 is 0 Å². The van der Waals surface area contributed by atoms with Gasteiger partial charge in [0.25, 0.3) is 0 Å². The van der Waals surface area contributed by atoms with E-state index >= 15 is 0 Å². The van der Waals surface area contributed by atoms with Crippen molar-refractivity contribution in [1.82, 2.24) is 0 Å². The van der Waals surface area contributed by atoms with Crippen LogP contribution < -0.4 is 14.2 Å². The van der Waals surface area contributed by atoms with Gasteiger partial charge < -0.3 is 44.8 Å². The second-order valence-electron chi connectivity index (χ2n) is 13.8. The van der Waals surface area contributed by atoms with Crippen molar-refractivity contribution in [2.45, 2.75) is 102 Å². The summed E-state index contributed by atoms with van der Waals surface area (Å²) >= 11 is 0. The summed E-state index contributed by atoms with van der Waals surface area (Å²) in [5, 5.41) is 51.3. The summed E-state index contributed by atoms with van der Waals surface area (Å²) in [5.74, 6) is 0.939. The number of hydrogen-bond acceptors (Lipinski definition) is 9. The summed E-state index contributed by atoms with van der Waals surface area (Å²) in [5.41, 5.74) is -2.85. The van der Waals surface area contributed by atoms with E-state index in [2.05, 4.69) is 0 Å². The maximum absolute atomic E-state index is 12.2. The molecule has 9 nitrogen and oxygen atoms in total. The second-order valence-corrected chi connectivity index (χ2v) is 13.8. The van der Waals surface area contributed by atoms with Crippen molar-refractivity contribution in [3.63, 3.8) is 0 Å². The first kappa shape index (κ1) is 60.0. The van der Waals surface area contributed by atoms with Crippen LogP contribution in [0, 0.1) is 0 Å². The van der Waals surface area contributed by atoms with E-state index in [4.69, 9.17) is 44.8 Å². The van der Waals surface area contributed by atoms with E-state index in [0.29, 0.717) is 42.9 Å². The summed E-state index contributed by atoms with van der Waals surface area (Å²) in [6.45, 7) is 7.10. The van der Waals surface area contributed by atoms with Gasteiger partial charge in [0.15, 0.2) is 0 Å². The number of halogens is 12. The Kier molecular flexibility index (Phi) is 27.3. The van der Waals surface area contributed by atoms with Crippen molar-refractivity contribution in [2.75, 3.05) is 26.4 Å². The Bertz CT molecular complexity index is 1730. The number of rotatable bonds is 14. The van der Waals surface area contributed by atoms with Gasteiger partial charge in [-0.15, -0.1) is 0 Å². The van der Waals surface area contributed by atoms with Crippen LogP contribution in [0.4, 0.5) is 52.7 Å². The number of phenolic OH excluding ortho intramolecular Hbond substituents is 1. The first-order valence-electron chi connectivity index (χ1n) is 19.6. The van der Waals surface area contributed by atoms with Crippen LogP contribution in [-0.2, 0) is 24.7 Å². The quantitative estimate of drug-likeness (QED) is 0.0680. The molecule has 0 saturated heterocycles. The fraction of sp³-hybridized carbons (Fsp3) is 0.455. The standard InChI is InChI=1S/3C11H13F3O2.C7H5F3O.C4H10O2/c1-8(15)6-7-16-10-4-2-9(3-5-10)11(12,13)14;2*1-8(6-7-15)16-10-4-2-9(3-5-10)11(12,13)14;8-7(9,10)5-1-3-6(11)4-2-5;1-4(6)2-3-5/h3*2-5,8,15H,6-7H2,1H3;1-4,11H;4-6H,2-3H2,1H3. The highest BCUT2D eigenvalue weighted by atomic mass is 19.4. The minimum absolute atomic E-state index is 0.0121. The lowest BCUT2D eigenvalue weighted by atomic mass is 10.2. The molecule has 4 rings (SSSR count). The zero-order valence-corrected chi connectivity index (χ0v) is 35.6. The predicted molar refractivity (Wildman–Crippen MR) is 216 cm³/mol. The van der Waals surface area contributed by atoms with Crippen LogP contribution in [0.3, 0.4) is 0 Å². The molecule has 0 saturated carbocycles. The summed E-state index contributed by atoms with van der Waals surface area (Å²) in [4.78, 5) is 0. The SMILES string of the molecule is CC(CCO)Oc1ccc(C(F)(F)F)cc1.CC(CCO)Oc1ccc(C(F)(F)F)cc1.CC(O)CCO.CC(O)CCOc1ccc(C(F)(F)F)cc1.Oc1ccc(C(F)(F)F)cc1. The van der Waals surface area contributed by atoms with Gasteiger partial charge in [0.05, 0.1) is 53.3 Å². The van der Waals surface area contributed by atoms with Crippen molar-refractivity contribution >= 4 is 0 Å². The van der Waals surface area contributed by atoms with E-state index in [1.807, 2.05) is 0 Å². The van der Waals surface area contributed by atoms with Gasteiger partial charge >= 0.3 is 24.7 Å². The molecule has 0 bridgehead atoms. The summed E-state index contributed by atoms with van der Waals surface area (Å²) < 4.78 is 161. The Morgan fingerprint density at radius 3 is 0.892 bits per heavy atom. The molecule has 0 fully saturated rings. The smallest absolute Gasteiger partial charge is 0.416 e. The molecule has 4 unspecified atom stereocenters. The van der Waals surface area contributed by atoms with E-state index < -0.39 is 53.1 Å². The van der Waals surface area contributed by atoms with Crippen LogP contribution in [0.5, 0.6) is 23.0 Å². The van der Waals surface area contributed by atoms with Crippen LogP contribution in [0.25, 0.3) is 0 Å². The molecule has 0 amide bonds. The van der Waals surface area contributed by atoms with Crippen LogP contribution in [0.15, 0.2) is 97.1 Å². The molecular formula is C44H54F12O9. The lowest BCUT2D eigenvalue weighted by Crippen LogP contribution is -2.13. The van der Waals surface area contributed by atoms with Crippen LogP contribution in [0.2, 0.25) is 0 Å². The fourth-order valence-corrected chi connectivity index (χ4v) is 4.32. The van der Waals surface area contributed by atoms with Crippen molar-refractivity contribution in [3.8, 4) is 23.0 Å². The van der Waals surface area contributed by atoms with Gasteiger partial charge in [-0.3, -0.25) is 0 Å². The first-order chi connectivity index (χ1) is 30.0. The van der Waals surface area contributed by atoms with Crippen molar-refractivity contribution in [1.29, 1.82) is 0 Å². The van der Waals surface area contributed by atoms with E-state index in [1.165, 1.54) is 36.4 Å². The van der Waals surface area contributed by atoms with Crippen molar-refractivity contribution < 1.29 is 97.5 Å². The Morgan fingerprint density at radius 2 is 0.662 bits per heavy atom. The Balaban J connectivity index is 0.000000812. The molecule has 0 spiro atoms. The van der Waals surface area contributed by atoms with Crippen molar-refractivity contribution in [3.05, 3.63) is 119 Å². The highest BCUT2D eigenvalue weighted by molar-refractivity contribution is 5.31. The molecule has 0 aliphatic rings. The number of aliphatic hydroxyl groups is 5. The maximum Gasteiger partial charge on any atom is 0.416 e. The highest BCUT2D eigenvalue weighted by Gasteiger charge is 2.32. The lowest BCUT2D eigenvalue weighted by molar-refractivity contribution is -0.138. The van der Waals surface area contributed by atoms with Gasteiger partial charge in [0.2, 0.25) is 0 Å². The number of ether oxygens (including phenoxy) is 3. The minimum Gasteiger partial charge on any atom is -0.508 e. The summed E-state index contributed by atoms with van der Waals surface area (Å²) in [6.07, 6.45) is -16.7. The molecule has 21 heteroatoms. The predicted octanol–water partition coefficient (Wildman–Crippen LogP) is 10.7. The zero-order chi connectivity index (χ0) is 50.0. The molecule has 4 aromatic rings. The lowest BCUT2D eigenvalue weighted by Gasteiger charge is -2.14. The molecule has 0 aliphatic heterocycles. The van der Waals surface area contributed by atoms with Gasteiger partial charge in [-0.05, 0) is 131 Å². The number of alkyl halides is 12. The molecule has 0 radical (unpaired) electrons. The van der Waals surface area contributed by atoms with E-state index in [9.17, 15) is 52.7 Å². The third-order valence-electron chi connectivity index (χ3n) is 7.84. The summed E-state index contributed by atoms with van der Waals surface area (Å²) in [7, 11) is 0. The number of aliphatic hydroxyl groups excluding tert-OH is 5. The Morgan fingerprint density at radius 1 is 0.400 bits per heavy atom. The van der Waals surface area contributed by atoms with E-state index in [-0.39, 0.29) is 50.5 Å². The molecule has 65 heavy (non-hydrogen) atoms.